The summed E-state index contributed by atoms with van der Waals surface area (Å²) in [5, 5.41) is 0. The number of methoxy groups -OCH3 is 1. The fraction of sp³-hybridized carbons (Fsp3) is 0.643. The predicted molar refractivity (Wildman–Crippen MR) is 70.5 cm³/mol. The van der Waals surface area contributed by atoms with Crippen LogP contribution >= 0.6 is 0 Å². The topological polar surface area (TPSA) is 34.1 Å². The van der Waals surface area contributed by atoms with Crippen molar-refractivity contribution in [3.05, 3.63) is 24.0 Å². The highest BCUT2D eigenvalue weighted by Gasteiger charge is 2.34. The van der Waals surface area contributed by atoms with E-state index in [0.29, 0.717) is 5.92 Å². The van der Waals surface area contributed by atoms with Crippen molar-refractivity contribution in [2.24, 2.45) is 10.9 Å². The molecule has 1 aliphatic carbocycles. The fourth-order valence-electron chi connectivity index (χ4n) is 2.75. The Morgan fingerprint density at radius 3 is 2.89 bits per heavy atom. The van der Waals surface area contributed by atoms with E-state index in [4.69, 9.17) is 14.5 Å². The van der Waals surface area contributed by atoms with Gasteiger partial charge in [0.05, 0.1) is 7.11 Å². The number of likely N-dealkylation sites (tertiary alicyclic amines) is 1. The Hall–Kier alpha value is -1.29. The lowest BCUT2D eigenvalue weighted by Crippen LogP contribution is -2.34. The van der Waals surface area contributed by atoms with Crippen molar-refractivity contribution < 1.29 is 9.47 Å². The summed E-state index contributed by atoms with van der Waals surface area (Å²) in [6, 6.07) is 0.151. The molecule has 0 aromatic carbocycles. The number of hydrogen-bond acceptors (Lipinski definition) is 4. The molecule has 0 aromatic rings. The van der Waals surface area contributed by atoms with Crippen LogP contribution in [0.4, 0.5) is 0 Å². The molecule has 4 nitrogen and oxygen atoms in total. The molecule has 1 saturated heterocycles. The normalized spacial score (nSPS) is 32.6. The maximum Gasteiger partial charge on any atom is 0.188 e. The van der Waals surface area contributed by atoms with Gasteiger partial charge in [0.25, 0.3) is 0 Å². The van der Waals surface area contributed by atoms with E-state index in [1.54, 1.807) is 7.11 Å². The summed E-state index contributed by atoms with van der Waals surface area (Å²) in [5.41, 5.74) is 0. The Balaban J connectivity index is 1.67. The van der Waals surface area contributed by atoms with Crippen molar-refractivity contribution in [3.63, 3.8) is 0 Å². The van der Waals surface area contributed by atoms with Gasteiger partial charge in [0.2, 0.25) is 0 Å². The summed E-state index contributed by atoms with van der Waals surface area (Å²) in [7, 11) is 3.85. The Bertz CT molecular complexity index is 406. The van der Waals surface area contributed by atoms with Crippen molar-refractivity contribution >= 4 is 5.90 Å². The Labute approximate surface area is 108 Å². The van der Waals surface area contributed by atoms with Crippen LogP contribution in [0.5, 0.6) is 0 Å². The van der Waals surface area contributed by atoms with Gasteiger partial charge in [-0.05, 0) is 39.1 Å². The molecule has 0 amide bonds. The zero-order valence-electron chi connectivity index (χ0n) is 11.0. The lowest BCUT2D eigenvalue weighted by atomic mass is 9.97. The standard InChI is InChI=1S/C14H20N2O2/c1-16-7-5-10(6-8-16)14-15-12-4-3-11(17-2)9-13(12)18-14/h3-4,9-10,12-13H,5-8H2,1-2H3. The SMILES string of the molecule is COC1=CC2OC(C3CCN(C)CC3)=NC2C=C1. The Kier molecular flexibility index (Phi) is 3.12. The molecule has 2 aliphatic heterocycles. The van der Waals surface area contributed by atoms with Gasteiger partial charge in [-0.15, -0.1) is 0 Å². The third kappa shape index (κ3) is 2.17. The third-order valence-electron chi connectivity index (χ3n) is 3.96. The summed E-state index contributed by atoms with van der Waals surface area (Å²) < 4.78 is 11.2. The van der Waals surface area contributed by atoms with Gasteiger partial charge in [-0.3, -0.25) is 0 Å². The number of allylic oxidation sites excluding steroid dienone is 1. The molecule has 4 heteroatoms. The molecule has 0 N–H and O–H groups in total. The van der Waals surface area contributed by atoms with Crippen molar-refractivity contribution in [1.82, 2.24) is 4.90 Å². The van der Waals surface area contributed by atoms with Crippen LogP contribution in [-0.4, -0.2) is 50.2 Å². The average molecular weight is 248 g/mol. The number of ether oxygens (including phenoxy) is 2. The van der Waals surface area contributed by atoms with Gasteiger partial charge in [0.1, 0.15) is 17.9 Å². The zero-order chi connectivity index (χ0) is 12.5. The minimum absolute atomic E-state index is 0.0413. The third-order valence-corrected chi connectivity index (χ3v) is 3.96. The predicted octanol–water partition coefficient (Wildman–Crippen LogP) is 1.59. The molecule has 2 atom stereocenters. The monoisotopic (exact) mass is 248 g/mol. The van der Waals surface area contributed by atoms with Crippen LogP contribution in [0.2, 0.25) is 0 Å². The maximum atomic E-state index is 6.00. The van der Waals surface area contributed by atoms with E-state index in [0.717, 1.165) is 37.6 Å². The van der Waals surface area contributed by atoms with Crippen LogP contribution in [-0.2, 0) is 9.47 Å². The highest BCUT2D eigenvalue weighted by molar-refractivity contribution is 5.81. The second-order valence-corrected chi connectivity index (χ2v) is 5.25. The van der Waals surface area contributed by atoms with E-state index >= 15 is 0 Å². The zero-order valence-corrected chi connectivity index (χ0v) is 11.0. The van der Waals surface area contributed by atoms with Crippen LogP contribution in [0.15, 0.2) is 29.0 Å². The van der Waals surface area contributed by atoms with E-state index in [2.05, 4.69) is 18.0 Å². The second kappa shape index (κ2) is 4.76. The molecule has 98 valence electrons. The van der Waals surface area contributed by atoms with E-state index in [1.807, 2.05) is 12.2 Å². The van der Waals surface area contributed by atoms with Crippen LogP contribution in [0, 0.1) is 5.92 Å². The smallest absolute Gasteiger partial charge is 0.188 e. The molecule has 0 spiro atoms. The van der Waals surface area contributed by atoms with E-state index in [9.17, 15) is 0 Å². The van der Waals surface area contributed by atoms with Gasteiger partial charge in [-0.25, -0.2) is 4.99 Å². The molecule has 1 fully saturated rings. The van der Waals surface area contributed by atoms with Gasteiger partial charge >= 0.3 is 0 Å². The summed E-state index contributed by atoms with van der Waals surface area (Å²) in [6.45, 7) is 2.27. The fourth-order valence-corrected chi connectivity index (χ4v) is 2.75. The van der Waals surface area contributed by atoms with E-state index in [1.165, 1.54) is 0 Å². The molecule has 3 rings (SSSR count). The van der Waals surface area contributed by atoms with Gasteiger partial charge in [-0.2, -0.15) is 0 Å². The van der Waals surface area contributed by atoms with E-state index < -0.39 is 0 Å². The molecule has 0 bridgehead atoms. The van der Waals surface area contributed by atoms with Crippen LogP contribution < -0.4 is 0 Å². The highest BCUT2D eigenvalue weighted by atomic mass is 16.5. The van der Waals surface area contributed by atoms with Crippen molar-refractivity contribution in [2.75, 3.05) is 27.2 Å². The van der Waals surface area contributed by atoms with Crippen LogP contribution in [0.3, 0.4) is 0 Å². The lowest BCUT2D eigenvalue weighted by molar-refractivity contribution is 0.197. The Morgan fingerprint density at radius 1 is 1.39 bits per heavy atom. The summed E-state index contributed by atoms with van der Waals surface area (Å²) >= 11 is 0. The number of hydrogen-bond donors (Lipinski definition) is 0. The quantitative estimate of drug-likeness (QED) is 0.744. The van der Waals surface area contributed by atoms with Gasteiger partial charge in [0, 0.05) is 12.0 Å². The summed E-state index contributed by atoms with van der Waals surface area (Å²) in [5.74, 6) is 2.33. The maximum absolute atomic E-state index is 6.00. The van der Waals surface area contributed by atoms with Crippen molar-refractivity contribution in [2.45, 2.75) is 25.0 Å². The number of rotatable bonds is 2. The number of nitrogens with zero attached hydrogens (tertiary/aromatic N) is 2. The lowest BCUT2D eigenvalue weighted by Gasteiger charge is -2.28. The van der Waals surface area contributed by atoms with Gasteiger partial charge < -0.3 is 14.4 Å². The molecule has 0 aromatic heterocycles. The minimum atomic E-state index is 0.0413. The van der Waals surface area contributed by atoms with Crippen LogP contribution in [0.25, 0.3) is 0 Å². The molecule has 18 heavy (non-hydrogen) atoms. The molecular weight excluding hydrogens is 228 g/mol. The first-order valence-electron chi connectivity index (χ1n) is 6.63. The van der Waals surface area contributed by atoms with Crippen molar-refractivity contribution in [3.8, 4) is 0 Å². The van der Waals surface area contributed by atoms with E-state index in [-0.39, 0.29) is 12.1 Å². The second-order valence-electron chi connectivity index (χ2n) is 5.25. The van der Waals surface area contributed by atoms with Crippen LogP contribution in [0.1, 0.15) is 12.8 Å². The molecule has 2 heterocycles. The summed E-state index contributed by atoms with van der Waals surface area (Å²) in [6.07, 6.45) is 8.42. The van der Waals surface area contributed by atoms with Crippen molar-refractivity contribution in [1.29, 1.82) is 0 Å². The number of aliphatic imine (C=N–C) groups is 1. The molecule has 0 saturated carbocycles. The highest BCUT2D eigenvalue weighted by Crippen LogP contribution is 2.28. The molecule has 2 unspecified atom stereocenters. The molecule has 0 radical (unpaired) electrons. The first-order chi connectivity index (χ1) is 8.76. The van der Waals surface area contributed by atoms with Gasteiger partial charge in [-0.1, -0.05) is 6.08 Å². The molecule has 3 aliphatic rings. The largest absolute Gasteiger partial charge is 0.497 e. The van der Waals surface area contributed by atoms with Gasteiger partial charge in [0.15, 0.2) is 5.90 Å². The molecular formula is C14H20N2O2. The average Bonchev–Trinajstić information content (AvgIpc) is 2.82. The first kappa shape index (κ1) is 11.8. The number of piperidine rings is 1. The summed E-state index contributed by atoms with van der Waals surface area (Å²) in [4.78, 5) is 7.08. The number of fused-ring (bicyclic) bond motifs is 1. The minimum Gasteiger partial charge on any atom is -0.497 e. The Morgan fingerprint density at radius 2 is 2.17 bits per heavy atom. The first-order valence-corrected chi connectivity index (χ1v) is 6.63.